The van der Waals surface area contributed by atoms with Crippen molar-refractivity contribution in [3.63, 3.8) is 0 Å². The van der Waals surface area contributed by atoms with Crippen LogP contribution in [-0.4, -0.2) is 29.1 Å². The van der Waals surface area contributed by atoms with Crippen molar-refractivity contribution in [2.45, 2.75) is 20.3 Å². The molecule has 1 saturated heterocycles. The van der Waals surface area contributed by atoms with Gasteiger partial charge in [-0.05, 0) is 24.0 Å². The van der Waals surface area contributed by atoms with E-state index in [2.05, 4.69) is 23.7 Å². The Bertz CT molecular complexity index is 460. The molecule has 0 bridgehead atoms. The molecule has 1 aliphatic heterocycles. The highest BCUT2D eigenvalue weighted by Crippen LogP contribution is 2.32. The van der Waals surface area contributed by atoms with Gasteiger partial charge in [0.15, 0.2) is 5.69 Å². The van der Waals surface area contributed by atoms with Gasteiger partial charge in [0.05, 0.1) is 5.02 Å². The zero-order chi connectivity index (χ0) is 12.6. The molecule has 17 heavy (non-hydrogen) atoms. The summed E-state index contributed by atoms with van der Waals surface area (Å²) in [7, 11) is 0. The number of carboxylic acid groups (broad SMARTS) is 1. The van der Waals surface area contributed by atoms with Crippen molar-refractivity contribution >= 4 is 23.4 Å². The van der Waals surface area contributed by atoms with E-state index in [-0.39, 0.29) is 16.1 Å². The average molecular weight is 255 g/mol. The van der Waals surface area contributed by atoms with Crippen molar-refractivity contribution < 1.29 is 9.90 Å². The fourth-order valence-corrected chi connectivity index (χ4v) is 2.25. The maximum Gasteiger partial charge on any atom is 0.356 e. The Morgan fingerprint density at radius 2 is 2.24 bits per heavy atom. The van der Waals surface area contributed by atoms with Gasteiger partial charge in [-0.15, -0.1) is 0 Å². The largest absolute Gasteiger partial charge is 0.476 e. The Morgan fingerprint density at radius 1 is 1.53 bits per heavy atom. The molecule has 1 aromatic rings. The molecule has 0 aliphatic carbocycles. The van der Waals surface area contributed by atoms with Crippen LogP contribution in [0.15, 0.2) is 12.1 Å². The first kappa shape index (κ1) is 12.2. The lowest BCUT2D eigenvalue weighted by atomic mass is 9.93. The van der Waals surface area contributed by atoms with E-state index in [1.807, 2.05) is 0 Å². The Kier molecular flexibility index (Phi) is 3.00. The number of hydrogen-bond acceptors (Lipinski definition) is 3. The molecule has 0 spiro atoms. The number of aromatic carboxylic acids is 1. The van der Waals surface area contributed by atoms with Crippen LogP contribution in [0, 0.1) is 5.41 Å². The Labute approximate surface area is 105 Å². The maximum atomic E-state index is 11.0. The first-order valence-corrected chi connectivity index (χ1v) is 5.92. The molecule has 4 nitrogen and oxygen atoms in total. The second-order valence-corrected chi connectivity index (χ2v) is 5.55. The lowest BCUT2D eigenvalue weighted by Gasteiger charge is -2.20. The SMILES string of the molecule is CC1(C)CCN(c2ccc(Cl)c(C(=O)O)n2)C1. The van der Waals surface area contributed by atoms with Crippen LogP contribution in [-0.2, 0) is 0 Å². The molecule has 0 atom stereocenters. The van der Waals surface area contributed by atoms with Crippen LogP contribution in [0.3, 0.4) is 0 Å². The second kappa shape index (κ2) is 4.18. The van der Waals surface area contributed by atoms with E-state index in [1.165, 1.54) is 0 Å². The number of nitrogens with zero attached hydrogens (tertiary/aromatic N) is 2. The summed E-state index contributed by atoms with van der Waals surface area (Å²) >= 11 is 5.79. The molecule has 92 valence electrons. The highest BCUT2D eigenvalue weighted by molar-refractivity contribution is 6.33. The number of rotatable bonds is 2. The molecule has 2 rings (SSSR count). The summed E-state index contributed by atoms with van der Waals surface area (Å²) in [6.07, 6.45) is 1.08. The van der Waals surface area contributed by atoms with Crippen molar-refractivity contribution in [3.8, 4) is 0 Å². The topological polar surface area (TPSA) is 53.4 Å². The van der Waals surface area contributed by atoms with Gasteiger partial charge in [0.2, 0.25) is 0 Å². The van der Waals surface area contributed by atoms with Gasteiger partial charge in [-0.2, -0.15) is 0 Å². The predicted octanol–water partition coefficient (Wildman–Crippen LogP) is 2.67. The summed E-state index contributed by atoms with van der Waals surface area (Å²) in [6.45, 7) is 6.18. The van der Waals surface area contributed by atoms with Gasteiger partial charge in [0.1, 0.15) is 5.82 Å². The van der Waals surface area contributed by atoms with Crippen LogP contribution < -0.4 is 4.90 Å². The van der Waals surface area contributed by atoms with Crippen LogP contribution in [0.25, 0.3) is 0 Å². The van der Waals surface area contributed by atoms with E-state index < -0.39 is 5.97 Å². The number of halogens is 1. The van der Waals surface area contributed by atoms with Crippen LogP contribution in [0.1, 0.15) is 30.8 Å². The van der Waals surface area contributed by atoms with Crippen LogP contribution in [0.2, 0.25) is 5.02 Å². The minimum absolute atomic E-state index is 0.0751. The molecule has 0 aromatic carbocycles. The summed E-state index contributed by atoms with van der Waals surface area (Å²) in [6, 6.07) is 3.37. The highest BCUT2D eigenvalue weighted by Gasteiger charge is 2.30. The summed E-state index contributed by atoms with van der Waals surface area (Å²) in [5, 5.41) is 9.15. The van der Waals surface area contributed by atoms with E-state index in [4.69, 9.17) is 16.7 Å². The fourth-order valence-electron chi connectivity index (χ4n) is 2.07. The standard InChI is InChI=1S/C12H15ClN2O2/c1-12(2)5-6-15(7-12)9-4-3-8(13)10(14-9)11(16)17/h3-4H,5-7H2,1-2H3,(H,16,17). The zero-order valence-corrected chi connectivity index (χ0v) is 10.7. The number of anilines is 1. The van der Waals surface area contributed by atoms with Crippen molar-refractivity contribution in [2.24, 2.45) is 5.41 Å². The predicted molar refractivity (Wildman–Crippen MR) is 66.8 cm³/mol. The summed E-state index contributed by atoms with van der Waals surface area (Å²) in [4.78, 5) is 17.2. The molecular formula is C12H15ClN2O2. The van der Waals surface area contributed by atoms with E-state index in [0.717, 1.165) is 19.5 Å². The van der Waals surface area contributed by atoms with Gasteiger partial charge < -0.3 is 10.0 Å². The first-order chi connectivity index (χ1) is 7.89. The summed E-state index contributed by atoms with van der Waals surface area (Å²) < 4.78 is 0. The number of carboxylic acids is 1. The minimum atomic E-state index is -1.09. The lowest BCUT2D eigenvalue weighted by molar-refractivity contribution is 0.0691. The molecule has 1 aliphatic rings. The zero-order valence-electron chi connectivity index (χ0n) is 9.90. The summed E-state index contributed by atoms with van der Waals surface area (Å²) in [5.74, 6) is -0.396. The molecule has 5 heteroatoms. The van der Waals surface area contributed by atoms with Crippen molar-refractivity contribution in [1.82, 2.24) is 4.98 Å². The Balaban J connectivity index is 2.29. The van der Waals surface area contributed by atoms with Crippen molar-refractivity contribution in [1.29, 1.82) is 0 Å². The second-order valence-electron chi connectivity index (χ2n) is 5.14. The normalized spacial score (nSPS) is 18.4. The molecule has 0 unspecified atom stereocenters. The molecule has 0 radical (unpaired) electrons. The van der Waals surface area contributed by atoms with Gasteiger partial charge in [0, 0.05) is 13.1 Å². The van der Waals surface area contributed by atoms with E-state index in [0.29, 0.717) is 5.82 Å². The smallest absolute Gasteiger partial charge is 0.356 e. The number of pyridine rings is 1. The monoisotopic (exact) mass is 254 g/mol. The quantitative estimate of drug-likeness (QED) is 0.882. The number of hydrogen-bond donors (Lipinski definition) is 1. The third-order valence-corrected chi connectivity index (χ3v) is 3.34. The molecule has 1 fully saturated rings. The number of carbonyl (C=O) groups is 1. The Hall–Kier alpha value is -1.29. The third-order valence-electron chi connectivity index (χ3n) is 3.04. The molecule has 0 amide bonds. The van der Waals surface area contributed by atoms with Crippen molar-refractivity contribution in [2.75, 3.05) is 18.0 Å². The average Bonchev–Trinajstić information content (AvgIpc) is 2.59. The van der Waals surface area contributed by atoms with Crippen LogP contribution in [0.5, 0.6) is 0 Å². The number of aromatic nitrogens is 1. The van der Waals surface area contributed by atoms with Crippen LogP contribution >= 0.6 is 11.6 Å². The molecule has 0 saturated carbocycles. The van der Waals surface area contributed by atoms with Crippen molar-refractivity contribution in [3.05, 3.63) is 22.8 Å². The molecule has 1 aromatic heterocycles. The van der Waals surface area contributed by atoms with E-state index in [1.54, 1.807) is 12.1 Å². The lowest BCUT2D eigenvalue weighted by Crippen LogP contribution is -2.24. The molecule has 2 heterocycles. The summed E-state index contributed by atoms with van der Waals surface area (Å²) in [5.41, 5.74) is 0.180. The van der Waals surface area contributed by atoms with Gasteiger partial charge in [0.25, 0.3) is 0 Å². The van der Waals surface area contributed by atoms with Crippen LogP contribution in [0.4, 0.5) is 5.82 Å². The highest BCUT2D eigenvalue weighted by atomic mass is 35.5. The first-order valence-electron chi connectivity index (χ1n) is 5.54. The third kappa shape index (κ3) is 2.52. The molecular weight excluding hydrogens is 240 g/mol. The van der Waals surface area contributed by atoms with Gasteiger partial charge in [-0.1, -0.05) is 25.4 Å². The van der Waals surface area contributed by atoms with E-state index in [9.17, 15) is 4.79 Å². The van der Waals surface area contributed by atoms with E-state index >= 15 is 0 Å². The minimum Gasteiger partial charge on any atom is -0.476 e. The fraction of sp³-hybridized carbons (Fsp3) is 0.500. The maximum absolute atomic E-state index is 11.0. The molecule has 1 N–H and O–H groups in total. The van der Waals surface area contributed by atoms with Gasteiger partial charge >= 0.3 is 5.97 Å². The Morgan fingerprint density at radius 3 is 2.76 bits per heavy atom. The van der Waals surface area contributed by atoms with Gasteiger partial charge in [-0.3, -0.25) is 0 Å². The van der Waals surface area contributed by atoms with Gasteiger partial charge in [-0.25, -0.2) is 9.78 Å².